The Balaban J connectivity index is 2.00. The van der Waals surface area contributed by atoms with Crippen LogP contribution in [0.25, 0.3) is 0 Å². The molecule has 150 valence electrons. The zero-order valence-electron chi connectivity index (χ0n) is 15.4. The molecule has 0 atom stereocenters. The first-order valence-electron chi connectivity index (χ1n) is 8.41. The summed E-state index contributed by atoms with van der Waals surface area (Å²) in [5, 5.41) is 13.7. The average Bonchev–Trinajstić information content (AvgIpc) is 2.66. The molecule has 0 bridgehead atoms. The van der Waals surface area contributed by atoms with Gasteiger partial charge in [0, 0.05) is 36.8 Å². The number of non-ortho nitro benzene ring substituents is 1. The number of nitrogens with one attached hydrogen (secondary N) is 1. The van der Waals surface area contributed by atoms with Crippen molar-refractivity contribution in [3.8, 4) is 0 Å². The summed E-state index contributed by atoms with van der Waals surface area (Å²) in [7, 11) is 1.40. The normalized spacial score (nSPS) is 11.2. The minimum Gasteiger partial charge on any atom is -0.329 e. The number of aryl methyl sites for hydroxylation is 1. The van der Waals surface area contributed by atoms with Crippen molar-refractivity contribution in [3.05, 3.63) is 76.0 Å². The van der Waals surface area contributed by atoms with E-state index in [0.717, 1.165) is 5.56 Å². The predicted molar refractivity (Wildman–Crippen MR) is 103 cm³/mol. The van der Waals surface area contributed by atoms with E-state index in [0.29, 0.717) is 17.6 Å². The Morgan fingerprint density at radius 3 is 2.41 bits per heavy atom. The summed E-state index contributed by atoms with van der Waals surface area (Å²) in [5.41, 5.74) is 0.718. The largest absolute Gasteiger partial charge is 0.421 e. The van der Waals surface area contributed by atoms with Crippen molar-refractivity contribution in [2.45, 2.75) is 13.1 Å². The maximum atomic E-state index is 13.5. The Morgan fingerprint density at radius 1 is 1.14 bits per heavy atom. The van der Waals surface area contributed by atoms with E-state index < -0.39 is 16.7 Å². The highest BCUT2D eigenvalue weighted by molar-refractivity contribution is 5.66. The highest BCUT2D eigenvalue weighted by Crippen LogP contribution is 2.38. The molecule has 2 aromatic carbocycles. The minimum absolute atomic E-state index is 0.00707. The van der Waals surface area contributed by atoms with Gasteiger partial charge in [0.05, 0.1) is 4.92 Å². The van der Waals surface area contributed by atoms with Gasteiger partial charge in [0.15, 0.2) is 5.82 Å². The van der Waals surface area contributed by atoms with Crippen molar-refractivity contribution in [2.24, 2.45) is 0 Å². The molecule has 3 aromatic rings. The van der Waals surface area contributed by atoms with Crippen LogP contribution in [0.15, 0.2) is 54.7 Å². The highest BCUT2D eigenvalue weighted by atomic mass is 19.4. The van der Waals surface area contributed by atoms with Crippen molar-refractivity contribution in [1.82, 2.24) is 9.97 Å². The van der Waals surface area contributed by atoms with Gasteiger partial charge < -0.3 is 10.2 Å². The van der Waals surface area contributed by atoms with Crippen LogP contribution in [0.3, 0.4) is 0 Å². The number of alkyl halides is 3. The first-order valence-corrected chi connectivity index (χ1v) is 8.41. The maximum Gasteiger partial charge on any atom is 0.421 e. The van der Waals surface area contributed by atoms with Crippen LogP contribution in [0.5, 0.6) is 0 Å². The van der Waals surface area contributed by atoms with Crippen molar-refractivity contribution in [1.29, 1.82) is 0 Å². The predicted octanol–water partition coefficient (Wildman–Crippen LogP) is 5.22. The third kappa shape index (κ3) is 4.60. The fourth-order valence-corrected chi connectivity index (χ4v) is 2.66. The monoisotopic (exact) mass is 403 g/mol. The molecule has 0 unspecified atom stereocenters. The van der Waals surface area contributed by atoms with Crippen LogP contribution < -0.4 is 10.2 Å². The summed E-state index contributed by atoms with van der Waals surface area (Å²) in [6.45, 7) is 1.88. The Kier molecular flexibility index (Phi) is 5.35. The molecule has 1 heterocycles. The Labute approximate surface area is 164 Å². The molecule has 0 saturated carbocycles. The molecule has 29 heavy (non-hydrogen) atoms. The van der Waals surface area contributed by atoms with E-state index in [-0.39, 0.29) is 17.5 Å². The lowest BCUT2D eigenvalue weighted by atomic mass is 10.2. The summed E-state index contributed by atoms with van der Waals surface area (Å²) in [5.74, 6) is -0.385. The molecule has 0 radical (unpaired) electrons. The van der Waals surface area contributed by atoms with Gasteiger partial charge in [-0.15, -0.1) is 0 Å². The smallest absolute Gasteiger partial charge is 0.329 e. The van der Waals surface area contributed by atoms with E-state index in [2.05, 4.69) is 15.3 Å². The van der Waals surface area contributed by atoms with Gasteiger partial charge in [-0.1, -0.05) is 12.1 Å². The van der Waals surface area contributed by atoms with Crippen molar-refractivity contribution in [3.63, 3.8) is 0 Å². The van der Waals surface area contributed by atoms with E-state index >= 15 is 0 Å². The molecular formula is C19H16F3N5O2. The average molecular weight is 403 g/mol. The standard InChI is InChI=1S/C19H16F3N5O2/c1-12-4-3-5-13(10-12)24-18-23-11-16(19(20,21)22)17(25-18)26(2)14-6-8-15(9-7-14)27(28)29/h3-11H,1-2H3,(H,23,24,25). The Bertz CT molecular complexity index is 1040. The molecule has 7 nitrogen and oxygen atoms in total. The van der Waals surface area contributed by atoms with E-state index in [9.17, 15) is 23.3 Å². The maximum absolute atomic E-state index is 13.5. The van der Waals surface area contributed by atoms with Crippen LogP contribution in [0, 0.1) is 17.0 Å². The van der Waals surface area contributed by atoms with Gasteiger partial charge in [0.1, 0.15) is 5.56 Å². The summed E-state index contributed by atoms with van der Waals surface area (Å²) in [6.07, 6.45) is -3.96. The van der Waals surface area contributed by atoms with Gasteiger partial charge in [0.2, 0.25) is 5.95 Å². The summed E-state index contributed by atoms with van der Waals surface area (Å²) >= 11 is 0. The lowest BCUT2D eigenvalue weighted by Gasteiger charge is -2.22. The van der Waals surface area contributed by atoms with Crippen LogP contribution in [-0.4, -0.2) is 21.9 Å². The van der Waals surface area contributed by atoms with Gasteiger partial charge in [-0.2, -0.15) is 18.2 Å². The third-order valence-electron chi connectivity index (χ3n) is 4.11. The van der Waals surface area contributed by atoms with E-state index in [1.54, 1.807) is 18.2 Å². The number of rotatable bonds is 5. The highest BCUT2D eigenvalue weighted by Gasteiger charge is 2.36. The number of halogens is 3. The van der Waals surface area contributed by atoms with E-state index in [1.165, 1.54) is 36.2 Å². The quantitative estimate of drug-likeness (QED) is 0.464. The van der Waals surface area contributed by atoms with Crippen molar-refractivity contribution >= 4 is 28.8 Å². The first-order chi connectivity index (χ1) is 13.6. The van der Waals surface area contributed by atoms with Gasteiger partial charge >= 0.3 is 6.18 Å². The zero-order valence-corrected chi connectivity index (χ0v) is 15.4. The first kappa shape index (κ1) is 20.1. The molecular weight excluding hydrogens is 387 g/mol. The second-order valence-corrected chi connectivity index (χ2v) is 6.26. The number of nitrogens with zero attached hydrogens (tertiary/aromatic N) is 4. The van der Waals surface area contributed by atoms with Gasteiger partial charge in [-0.05, 0) is 36.8 Å². The topological polar surface area (TPSA) is 84.2 Å². The van der Waals surface area contributed by atoms with Gasteiger partial charge in [0.25, 0.3) is 5.69 Å². The number of nitro groups is 1. The summed E-state index contributed by atoms with van der Waals surface area (Å²) in [4.78, 5) is 19.2. The molecule has 1 aromatic heterocycles. The molecule has 1 N–H and O–H groups in total. The summed E-state index contributed by atoms with van der Waals surface area (Å²) in [6, 6.07) is 12.4. The van der Waals surface area contributed by atoms with Crippen molar-refractivity contribution in [2.75, 3.05) is 17.3 Å². The molecule has 10 heteroatoms. The van der Waals surface area contributed by atoms with Crippen LogP contribution in [0.2, 0.25) is 0 Å². The van der Waals surface area contributed by atoms with Gasteiger partial charge in [-0.25, -0.2) is 4.98 Å². The molecule has 0 fully saturated rings. The third-order valence-corrected chi connectivity index (χ3v) is 4.11. The second-order valence-electron chi connectivity index (χ2n) is 6.26. The van der Waals surface area contributed by atoms with Crippen LogP contribution >= 0.6 is 0 Å². The SMILES string of the molecule is Cc1cccc(Nc2ncc(C(F)(F)F)c(N(C)c3ccc([N+](=O)[O-])cc3)n2)c1. The number of hydrogen-bond donors (Lipinski definition) is 1. The lowest BCUT2D eigenvalue weighted by molar-refractivity contribution is -0.384. The van der Waals surface area contributed by atoms with Gasteiger partial charge in [-0.3, -0.25) is 10.1 Å². The van der Waals surface area contributed by atoms with Crippen molar-refractivity contribution < 1.29 is 18.1 Å². The lowest BCUT2D eigenvalue weighted by Crippen LogP contribution is -2.19. The molecule has 3 rings (SSSR count). The molecule has 0 amide bonds. The Morgan fingerprint density at radius 2 is 1.83 bits per heavy atom. The number of aromatic nitrogens is 2. The van der Waals surface area contributed by atoms with Crippen LogP contribution in [0.4, 0.5) is 42.0 Å². The molecule has 0 saturated heterocycles. The number of nitro benzene ring substituents is 1. The molecule has 0 spiro atoms. The molecule has 0 aliphatic carbocycles. The number of benzene rings is 2. The van der Waals surface area contributed by atoms with Crippen LogP contribution in [-0.2, 0) is 6.18 Å². The van der Waals surface area contributed by atoms with E-state index in [4.69, 9.17) is 0 Å². The zero-order chi connectivity index (χ0) is 21.2. The second kappa shape index (κ2) is 7.74. The molecule has 0 aliphatic heterocycles. The summed E-state index contributed by atoms with van der Waals surface area (Å²) < 4.78 is 40.5. The number of anilines is 4. The number of hydrogen-bond acceptors (Lipinski definition) is 6. The van der Waals surface area contributed by atoms with E-state index in [1.807, 2.05) is 13.0 Å². The Hall–Kier alpha value is -3.69. The molecule has 0 aliphatic rings. The van der Waals surface area contributed by atoms with Crippen LogP contribution in [0.1, 0.15) is 11.1 Å². The minimum atomic E-state index is -4.67. The fraction of sp³-hybridized carbons (Fsp3) is 0.158. The fourth-order valence-electron chi connectivity index (χ4n) is 2.66.